The van der Waals surface area contributed by atoms with E-state index in [1.54, 1.807) is 49.4 Å². The Morgan fingerprint density at radius 2 is 1.64 bits per heavy atom. The molecule has 0 fully saturated rings. The Bertz CT molecular complexity index is 1400. The maximum atomic E-state index is 13.9. The van der Waals surface area contributed by atoms with Crippen molar-refractivity contribution in [3.63, 3.8) is 0 Å². The molecule has 2 amide bonds. The van der Waals surface area contributed by atoms with Crippen molar-refractivity contribution in [2.75, 3.05) is 17.4 Å². The highest BCUT2D eigenvalue weighted by Crippen LogP contribution is 2.31. The van der Waals surface area contributed by atoms with Gasteiger partial charge in [-0.05, 0) is 61.4 Å². The molecule has 0 unspecified atom stereocenters. The Labute approximate surface area is 244 Å². The molecule has 0 saturated heterocycles. The number of hydrogen-bond donors (Lipinski definition) is 1. The molecule has 0 aliphatic carbocycles. The number of nitrogens with one attached hydrogen (secondary N) is 1. The van der Waals surface area contributed by atoms with E-state index in [2.05, 4.69) is 5.32 Å². The van der Waals surface area contributed by atoms with Gasteiger partial charge in [-0.3, -0.25) is 13.9 Å². The summed E-state index contributed by atoms with van der Waals surface area (Å²) in [6.45, 7) is 3.55. The van der Waals surface area contributed by atoms with E-state index >= 15 is 0 Å². The number of nitrogens with zero attached hydrogens (tertiary/aromatic N) is 2. The van der Waals surface area contributed by atoms with Crippen molar-refractivity contribution < 1.29 is 18.0 Å². The lowest BCUT2D eigenvalue weighted by molar-refractivity contribution is -0.139. The molecule has 0 aliphatic heterocycles. The predicted octanol–water partition coefficient (Wildman–Crippen LogP) is 6.18. The van der Waals surface area contributed by atoms with Gasteiger partial charge in [-0.15, -0.1) is 0 Å². The fourth-order valence-electron chi connectivity index (χ4n) is 3.84. The summed E-state index contributed by atoms with van der Waals surface area (Å²) in [4.78, 5) is 28.2. The maximum Gasteiger partial charge on any atom is 0.264 e. The van der Waals surface area contributed by atoms with Crippen LogP contribution >= 0.6 is 34.8 Å². The summed E-state index contributed by atoms with van der Waals surface area (Å²) in [6, 6.07) is 18.1. The summed E-state index contributed by atoms with van der Waals surface area (Å²) < 4.78 is 28.5. The molecule has 3 aromatic rings. The second-order valence-corrected chi connectivity index (χ2v) is 12.0. The van der Waals surface area contributed by atoms with E-state index in [1.165, 1.54) is 35.2 Å². The van der Waals surface area contributed by atoms with Crippen LogP contribution in [0.3, 0.4) is 0 Å². The monoisotopic (exact) mass is 609 g/mol. The number of halogens is 3. The van der Waals surface area contributed by atoms with Gasteiger partial charge < -0.3 is 10.2 Å². The van der Waals surface area contributed by atoms with Crippen molar-refractivity contribution in [3.05, 3.63) is 93.4 Å². The standard InChI is InChI=1S/C28H30Cl3N3O4S/c1-3-4-15-32-28(36)20(2)33(18-21-9-8-10-22(29)16-21)27(35)19-34(23-13-14-25(30)26(31)17-23)39(37,38)24-11-6-5-7-12-24/h5-14,16-17,20H,3-4,15,18-19H2,1-2H3,(H,32,36)/t20-/m0/s1. The normalized spacial score (nSPS) is 12.0. The highest BCUT2D eigenvalue weighted by atomic mass is 35.5. The summed E-state index contributed by atoms with van der Waals surface area (Å²) in [5.41, 5.74) is 0.848. The largest absolute Gasteiger partial charge is 0.354 e. The van der Waals surface area contributed by atoms with Crippen LogP contribution in [0, 0.1) is 0 Å². The number of carbonyl (C=O) groups excluding carboxylic acids is 2. The zero-order valence-electron chi connectivity index (χ0n) is 21.6. The third kappa shape index (κ3) is 8.11. The molecule has 0 radical (unpaired) electrons. The first-order valence-corrected chi connectivity index (χ1v) is 15.0. The van der Waals surface area contributed by atoms with Crippen LogP contribution in [0.25, 0.3) is 0 Å². The van der Waals surface area contributed by atoms with Crippen LogP contribution in [-0.4, -0.2) is 44.3 Å². The van der Waals surface area contributed by atoms with Gasteiger partial charge in [-0.25, -0.2) is 8.42 Å². The number of hydrogen-bond acceptors (Lipinski definition) is 4. The fourth-order valence-corrected chi connectivity index (χ4v) is 5.77. The second-order valence-electron chi connectivity index (χ2n) is 8.90. The van der Waals surface area contributed by atoms with Crippen LogP contribution in [0.5, 0.6) is 0 Å². The van der Waals surface area contributed by atoms with Gasteiger partial charge >= 0.3 is 0 Å². The average Bonchev–Trinajstić information content (AvgIpc) is 2.92. The minimum absolute atomic E-state index is 0.00405. The van der Waals surface area contributed by atoms with Crippen LogP contribution in [0.1, 0.15) is 32.3 Å². The van der Waals surface area contributed by atoms with E-state index < -0.39 is 28.5 Å². The number of benzene rings is 3. The zero-order valence-corrected chi connectivity index (χ0v) is 24.7. The van der Waals surface area contributed by atoms with Crippen LogP contribution < -0.4 is 9.62 Å². The summed E-state index contributed by atoms with van der Waals surface area (Å²) in [7, 11) is -4.19. The number of anilines is 1. The van der Waals surface area contributed by atoms with E-state index in [-0.39, 0.29) is 33.1 Å². The lowest BCUT2D eigenvalue weighted by Gasteiger charge is -2.32. The summed E-state index contributed by atoms with van der Waals surface area (Å²) in [5, 5.41) is 3.70. The van der Waals surface area contributed by atoms with Gasteiger partial charge in [-0.1, -0.05) is 78.5 Å². The molecule has 0 bridgehead atoms. The molecular formula is C28H30Cl3N3O4S. The molecule has 0 heterocycles. The zero-order chi connectivity index (χ0) is 28.6. The molecule has 0 saturated carbocycles. The predicted molar refractivity (Wildman–Crippen MR) is 157 cm³/mol. The smallest absolute Gasteiger partial charge is 0.264 e. The van der Waals surface area contributed by atoms with Gasteiger partial charge in [0.05, 0.1) is 20.6 Å². The molecule has 208 valence electrons. The highest BCUT2D eigenvalue weighted by Gasteiger charge is 2.32. The first-order valence-electron chi connectivity index (χ1n) is 12.4. The molecule has 3 aromatic carbocycles. The van der Waals surface area contributed by atoms with Gasteiger partial charge in [-0.2, -0.15) is 0 Å². The number of sulfonamides is 1. The molecule has 39 heavy (non-hydrogen) atoms. The summed E-state index contributed by atoms with van der Waals surface area (Å²) >= 11 is 18.4. The Morgan fingerprint density at radius 1 is 0.923 bits per heavy atom. The molecule has 1 atom stereocenters. The molecule has 0 spiro atoms. The van der Waals surface area contributed by atoms with E-state index in [4.69, 9.17) is 34.8 Å². The average molecular weight is 611 g/mol. The van der Waals surface area contributed by atoms with Crippen molar-refractivity contribution in [1.82, 2.24) is 10.2 Å². The highest BCUT2D eigenvalue weighted by molar-refractivity contribution is 7.92. The van der Waals surface area contributed by atoms with E-state index in [1.807, 2.05) is 6.92 Å². The molecule has 11 heteroatoms. The van der Waals surface area contributed by atoms with Crippen LogP contribution in [0.15, 0.2) is 77.7 Å². The number of amides is 2. The van der Waals surface area contributed by atoms with E-state index in [9.17, 15) is 18.0 Å². The Balaban J connectivity index is 2.01. The van der Waals surface area contributed by atoms with Crippen LogP contribution in [-0.2, 0) is 26.2 Å². The lowest BCUT2D eigenvalue weighted by atomic mass is 10.1. The fraction of sp³-hybridized carbons (Fsp3) is 0.286. The first kappa shape index (κ1) is 30.8. The molecule has 1 N–H and O–H groups in total. The topological polar surface area (TPSA) is 86.8 Å². The van der Waals surface area contributed by atoms with Crippen LogP contribution in [0.4, 0.5) is 5.69 Å². The third-order valence-electron chi connectivity index (χ3n) is 6.04. The van der Waals surface area contributed by atoms with Crippen molar-refractivity contribution >= 4 is 62.3 Å². The summed E-state index contributed by atoms with van der Waals surface area (Å²) in [6.07, 6.45) is 1.69. The van der Waals surface area contributed by atoms with Gasteiger partial charge in [0, 0.05) is 18.1 Å². The molecular weight excluding hydrogens is 581 g/mol. The summed E-state index contributed by atoms with van der Waals surface area (Å²) in [5.74, 6) is -0.926. The maximum absolute atomic E-state index is 13.9. The van der Waals surface area contributed by atoms with Gasteiger partial charge in [0.25, 0.3) is 10.0 Å². The molecule has 7 nitrogen and oxygen atoms in total. The lowest BCUT2D eigenvalue weighted by Crippen LogP contribution is -2.51. The minimum atomic E-state index is -4.19. The Kier molecular flexibility index (Phi) is 11.1. The van der Waals surface area contributed by atoms with Gasteiger partial charge in [0.1, 0.15) is 12.6 Å². The van der Waals surface area contributed by atoms with Crippen molar-refractivity contribution in [2.24, 2.45) is 0 Å². The van der Waals surface area contributed by atoms with Crippen molar-refractivity contribution in [1.29, 1.82) is 0 Å². The Morgan fingerprint density at radius 3 is 2.28 bits per heavy atom. The van der Waals surface area contributed by atoms with Crippen molar-refractivity contribution in [2.45, 2.75) is 44.2 Å². The molecule has 3 rings (SSSR count). The van der Waals surface area contributed by atoms with Crippen LogP contribution in [0.2, 0.25) is 15.1 Å². The second kappa shape index (κ2) is 14.0. The van der Waals surface area contributed by atoms with Gasteiger partial charge in [0.2, 0.25) is 11.8 Å². The Hall–Kier alpha value is -2.78. The molecule has 0 aliphatic rings. The van der Waals surface area contributed by atoms with Gasteiger partial charge in [0.15, 0.2) is 0 Å². The SMILES string of the molecule is CCCCNC(=O)[C@H](C)N(Cc1cccc(Cl)c1)C(=O)CN(c1ccc(Cl)c(Cl)c1)S(=O)(=O)c1ccccc1. The van der Waals surface area contributed by atoms with Crippen molar-refractivity contribution in [3.8, 4) is 0 Å². The first-order chi connectivity index (χ1) is 18.5. The molecule has 0 aromatic heterocycles. The third-order valence-corrected chi connectivity index (χ3v) is 8.80. The van der Waals surface area contributed by atoms with E-state index in [0.29, 0.717) is 17.1 Å². The minimum Gasteiger partial charge on any atom is -0.354 e. The number of unbranched alkanes of at least 4 members (excludes halogenated alkanes) is 1. The quantitative estimate of drug-likeness (QED) is 0.248. The number of rotatable bonds is 12. The number of carbonyl (C=O) groups is 2. The van der Waals surface area contributed by atoms with E-state index in [0.717, 1.165) is 17.1 Å².